The van der Waals surface area contributed by atoms with Gasteiger partial charge in [-0.2, -0.15) is 5.10 Å². The molecule has 1 aliphatic heterocycles. The second kappa shape index (κ2) is 5.00. The summed E-state index contributed by atoms with van der Waals surface area (Å²) in [6, 6.07) is 1.03. The molecule has 1 aliphatic rings. The molecule has 0 aromatic carbocycles. The highest BCUT2D eigenvalue weighted by Crippen LogP contribution is 2.28. The van der Waals surface area contributed by atoms with E-state index in [1.807, 2.05) is 10.9 Å². The van der Waals surface area contributed by atoms with Crippen molar-refractivity contribution < 1.29 is 0 Å². The van der Waals surface area contributed by atoms with Crippen LogP contribution in [0.15, 0.2) is 17.4 Å². The Balaban J connectivity index is 2.22. The summed E-state index contributed by atoms with van der Waals surface area (Å²) in [6.07, 6.45) is 5.11. The van der Waals surface area contributed by atoms with E-state index in [9.17, 15) is 0 Å². The number of nitrogens with two attached hydrogens (primary N) is 1. The average molecular weight is 249 g/mol. The summed E-state index contributed by atoms with van der Waals surface area (Å²) in [5.74, 6) is 0.659. The maximum atomic E-state index is 6.00. The van der Waals surface area contributed by atoms with Gasteiger partial charge in [0.25, 0.3) is 0 Å². The molecule has 2 N–H and O–H groups in total. The normalized spacial score (nSPS) is 21.5. The first-order chi connectivity index (χ1) is 8.54. The van der Waals surface area contributed by atoms with Gasteiger partial charge in [-0.05, 0) is 27.2 Å². The summed E-state index contributed by atoms with van der Waals surface area (Å²) in [4.78, 5) is 6.59. The van der Waals surface area contributed by atoms with E-state index in [1.54, 1.807) is 0 Å². The van der Waals surface area contributed by atoms with Crippen molar-refractivity contribution in [2.45, 2.75) is 52.2 Å². The molecule has 18 heavy (non-hydrogen) atoms. The minimum absolute atomic E-state index is 0.243. The fraction of sp³-hybridized carbons (Fsp3) is 0.692. The van der Waals surface area contributed by atoms with Crippen LogP contribution in [0.2, 0.25) is 0 Å². The van der Waals surface area contributed by atoms with E-state index in [4.69, 9.17) is 5.73 Å². The van der Waals surface area contributed by atoms with Gasteiger partial charge in [0, 0.05) is 23.8 Å². The molecule has 0 saturated carbocycles. The highest BCUT2D eigenvalue weighted by molar-refractivity contribution is 5.80. The summed E-state index contributed by atoms with van der Waals surface area (Å²) in [6.45, 7) is 9.35. The summed E-state index contributed by atoms with van der Waals surface area (Å²) < 4.78 is 1.98. The molecule has 0 saturated heterocycles. The van der Waals surface area contributed by atoms with Crippen molar-refractivity contribution in [3.05, 3.63) is 18.0 Å². The lowest BCUT2D eigenvalue weighted by atomic mass is 10.1. The van der Waals surface area contributed by atoms with Crippen LogP contribution in [0.25, 0.3) is 0 Å². The van der Waals surface area contributed by atoms with Gasteiger partial charge in [0.15, 0.2) is 5.96 Å². The smallest absolute Gasteiger partial charge is 0.192 e. The van der Waals surface area contributed by atoms with Crippen molar-refractivity contribution in [3.8, 4) is 0 Å². The van der Waals surface area contributed by atoms with Crippen molar-refractivity contribution in [1.29, 1.82) is 0 Å². The summed E-state index contributed by atoms with van der Waals surface area (Å²) in [7, 11) is 0. The molecule has 0 aliphatic carbocycles. The molecule has 2 rings (SSSR count). The highest BCUT2D eigenvalue weighted by atomic mass is 15.3. The number of hydrogen-bond donors (Lipinski definition) is 1. The Morgan fingerprint density at radius 2 is 2.17 bits per heavy atom. The third-order valence-corrected chi connectivity index (χ3v) is 3.63. The quantitative estimate of drug-likeness (QED) is 0.887. The summed E-state index contributed by atoms with van der Waals surface area (Å²) in [5, 5.41) is 4.40. The van der Waals surface area contributed by atoms with Crippen molar-refractivity contribution in [3.63, 3.8) is 0 Å². The van der Waals surface area contributed by atoms with Crippen LogP contribution in [0, 0.1) is 0 Å². The van der Waals surface area contributed by atoms with E-state index < -0.39 is 0 Å². The maximum Gasteiger partial charge on any atom is 0.192 e. The lowest BCUT2D eigenvalue weighted by molar-refractivity contribution is 0.268. The third kappa shape index (κ3) is 2.21. The minimum atomic E-state index is 0.243. The van der Waals surface area contributed by atoms with Crippen molar-refractivity contribution in [2.24, 2.45) is 10.7 Å². The van der Waals surface area contributed by atoms with Gasteiger partial charge in [0.05, 0.1) is 18.8 Å². The molecule has 5 nitrogen and oxygen atoms in total. The van der Waals surface area contributed by atoms with Crippen molar-refractivity contribution >= 4 is 5.96 Å². The predicted molar refractivity (Wildman–Crippen MR) is 73.4 cm³/mol. The number of hydrogen-bond acceptors (Lipinski definition) is 4. The minimum Gasteiger partial charge on any atom is -0.370 e. The SMILES string of the molecule is CCC(C)N1C(N)=NCC1c1cnn(C(C)C)c1. The number of rotatable bonds is 4. The van der Waals surface area contributed by atoms with Gasteiger partial charge >= 0.3 is 0 Å². The summed E-state index contributed by atoms with van der Waals surface area (Å²) >= 11 is 0. The van der Waals surface area contributed by atoms with Gasteiger partial charge in [-0.25, -0.2) is 0 Å². The molecule has 0 fully saturated rings. The fourth-order valence-corrected chi connectivity index (χ4v) is 2.31. The molecule has 2 unspecified atom stereocenters. The largest absolute Gasteiger partial charge is 0.370 e. The zero-order valence-electron chi connectivity index (χ0n) is 11.7. The van der Waals surface area contributed by atoms with Crippen LogP contribution < -0.4 is 5.73 Å². The van der Waals surface area contributed by atoms with Crippen molar-refractivity contribution in [1.82, 2.24) is 14.7 Å². The Hall–Kier alpha value is -1.52. The first kappa shape index (κ1) is 12.9. The molecule has 1 aromatic heterocycles. The van der Waals surface area contributed by atoms with Crippen LogP contribution in [-0.4, -0.2) is 33.2 Å². The first-order valence-electron chi connectivity index (χ1n) is 6.66. The Morgan fingerprint density at radius 1 is 1.44 bits per heavy atom. The van der Waals surface area contributed by atoms with Crippen LogP contribution in [0.3, 0.4) is 0 Å². The molecule has 5 heteroatoms. The van der Waals surface area contributed by atoms with E-state index in [0.29, 0.717) is 18.0 Å². The monoisotopic (exact) mass is 249 g/mol. The highest BCUT2D eigenvalue weighted by Gasteiger charge is 2.31. The van der Waals surface area contributed by atoms with Crippen LogP contribution in [0.1, 0.15) is 51.8 Å². The average Bonchev–Trinajstić information content (AvgIpc) is 2.94. The van der Waals surface area contributed by atoms with E-state index in [0.717, 1.165) is 13.0 Å². The molecule has 0 amide bonds. The number of guanidine groups is 1. The Labute approximate surface area is 109 Å². The lowest BCUT2D eigenvalue weighted by Gasteiger charge is -2.31. The van der Waals surface area contributed by atoms with E-state index >= 15 is 0 Å². The van der Waals surface area contributed by atoms with Gasteiger partial charge in [0.1, 0.15) is 0 Å². The first-order valence-corrected chi connectivity index (χ1v) is 6.66. The van der Waals surface area contributed by atoms with Crippen LogP contribution in [-0.2, 0) is 0 Å². The van der Waals surface area contributed by atoms with E-state index in [1.165, 1.54) is 5.56 Å². The van der Waals surface area contributed by atoms with Crippen LogP contribution >= 0.6 is 0 Å². The van der Waals surface area contributed by atoms with Gasteiger partial charge < -0.3 is 10.6 Å². The Morgan fingerprint density at radius 3 is 2.72 bits per heavy atom. The number of nitrogens with zero attached hydrogens (tertiary/aromatic N) is 4. The van der Waals surface area contributed by atoms with Crippen molar-refractivity contribution in [2.75, 3.05) is 6.54 Å². The molecular formula is C13H23N5. The summed E-state index contributed by atoms with van der Waals surface area (Å²) in [5.41, 5.74) is 7.20. The maximum absolute atomic E-state index is 6.00. The molecule has 2 heterocycles. The topological polar surface area (TPSA) is 59.4 Å². The second-order valence-electron chi connectivity index (χ2n) is 5.23. The Kier molecular flexibility index (Phi) is 3.59. The number of aliphatic imine (C=N–C) groups is 1. The zero-order valence-corrected chi connectivity index (χ0v) is 11.7. The molecule has 100 valence electrons. The molecule has 1 aromatic rings. The molecular weight excluding hydrogens is 226 g/mol. The third-order valence-electron chi connectivity index (χ3n) is 3.63. The van der Waals surface area contributed by atoms with Gasteiger partial charge in [0.2, 0.25) is 0 Å². The Bertz CT molecular complexity index is 434. The number of aromatic nitrogens is 2. The van der Waals surface area contributed by atoms with Crippen LogP contribution in [0.5, 0.6) is 0 Å². The zero-order chi connectivity index (χ0) is 13.3. The lowest BCUT2D eigenvalue weighted by Crippen LogP contribution is -2.42. The van der Waals surface area contributed by atoms with E-state index in [-0.39, 0.29) is 6.04 Å². The molecule has 2 atom stereocenters. The van der Waals surface area contributed by atoms with Gasteiger partial charge in [-0.1, -0.05) is 6.92 Å². The van der Waals surface area contributed by atoms with E-state index in [2.05, 4.69) is 48.9 Å². The van der Waals surface area contributed by atoms with Gasteiger partial charge in [-0.3, -0.25) is 9.67 Å². The second-order valence-corrected chi connectivity index (χ2v) is 5.23. The molecule has 0 bridgehead atoms. The predicted octanol–water partition coefficient (Wildman–Crippen LogP) is 1.93. The fourth-order valence-electron chi connectivity index (χ4n) is 2.31. The standard InChI is InChI=1S/C13H23N5/c1-5-10(4)18-12(7-15-13(18)14)11-6-16-17(8-11)9(2)3/h6,8-10,12H,5,7H2,1-4H3,(H2,14,15). The molecule has 0 spiro atoms. The van der Waals surface area contributed by atoms with Gasteiger partial charge in [-0.15, -0.1) is 0 Å². The van der Waals surface area contributed by atoms with Crippen LogP contribution in [0.4, 0.5) is 0 Å². The molecule has 0 radical (unpaired) electrons.